The number of hydrogen-bond donors (Lipinski definition) is 2. The number of furan rings is 1. The van der Waals surface area contributed by atoms with E-state index in [1.807, 2.05) is 25.3 Å². The molecule has 1 atom stereocenters. The molecule has 0 saturated heterocycles. The molecule has 3 rings (SSSR count). The SMILES string of the molecule is CC(C)c1nc(S(=O)(=O)NCC(O)c2cc(-c3ccco3)cs2)cn1C. The first-order valence-electron chi connectivity index (χ1n) is 8.11. The molecule has 0 radical (unpaired) electrons. The average molecular weight is 396 g/mol. The summed E-state index contributed by atoms with van der Waals surface area (Å²) in [7, 11) is -2.03. The summed E-state index contributed by atoms with van der Waals surface area (Å²) in [5.74, 6) is 1.50. The molecule has 1 unspecified atom stereocenters. The van der Waals surface area contributed by atoms with Gasteiger partial charge in [0.05, 0.1) is 6.26 Å². The lowest BCUT2D eigenvalue weighted by atomic mass is 10.2. The molecular weight excluding hydrogens is 374 g/mol. The van der Waals surface area contributed by atoms with Crippen molar-refractivity contribution in [3.8, 4) is 11.3 Å². The standard InChI is InChI=1S/C17H21N3O4S2/c1-11(2)17-19-16(9-20(17)3)26(22,23)18-8-13(21)15-7-12(10-25-15)14-5-4-6-24-14/h4-7,9-11,13,18,21H,8H2,1-3H3. The number of hydrogen-bond acceptors (Lipinski definition) is 6. The van der Waals surface area contributed by atoms with Crippen molar-refractivity contribution in [1.82, 2.24) is 14.3 Å². The van der Waals surface area contributed by atoms with Crippen molar-refractivity contribution in [2.75, 3.05) is 6.54 Å². The van der Waals surface area contributed by atoms with Crippen LogP contribution in [0.2, 0.25) is 0 Å². The maximum atomic E-state index is 12.4. The minimum absolute atomic E-state index is 0.0432. The summed E-state index contributed by atoms with van der Waals surface area (Å²) in [5.41, 5.74) is 0.850. The average Bonchev–Trinajstić information content (AvgIpc) is 3.31. The largest absolute Gasteiger partial charge is 0.464 e. The summed E-state index contributed by atoms with van der Waals surface area (Å²) in [4.78, 5) is 4.85. The predicted octanol–water partition coefficient (Wildman–Crippen LogP) is 2.88. The van der Waals surface area contributed by atoms with Crippen LogP contribution in [0.25, 0.3) is 11.3 Å². The van der Waals surface area contributed by atoms with Gasteiger partial charge in [-0.05, 0) is 18.2 Å². The Labute approximate surface area is 156 Å². The van der Waals surface area contributed by atoms with Gasteiger partial charge in [0.25, 0.3) is 10.0 Å². The highest BCUT2D eigenvalue weighted by molar-refractivity contribution is 7.89. The van der Waals surface area contributed by atoms with Crippen LogP contribution in [0.1, 0.15) is 36.6 Å². The minimum atomic E-state index is -3.79. The second-order valence-corrected chi connectivity index (χ2v) is 8.94. The van der Waals surface area contributed by atoms with Crippen molar-refractivity contribution < 1.29 is 17.9 Å². The number of aryl methyl sites for hydroxylation is 1. The summed E-state index contributed by atoms with van der Waals surface area (Å²) in [6, 6.07) is 5.41. The van der Waals surface area contributed by atoms with Gasteiger partial charge in [-0.3, -0.25) is 0 Å². The van der Waals surface area contributed by atoms with Crippen molar-refractivity contribution in [1.29, 1.82) is 0 Å². The van der Waals surface area contributed by atoms with E-state index in [-0.39, 0.29) is 17.5 Å². The van der Waals surface area contributed by atoms with Crippen LogP contribution in [0.3, 0.4) is 0 Å². The van der Waals surface area contributed by atoms with E-state index in [4.69, 9.17) is 4.42 Å². The van der Waals surface area contributed by atoms with Crippen LogP contribution in [0.5, 0.6) is 0 Å². The van der Waals surface area contributed by atoms with Gasteiger partial charge in [0.1, 0.15) is 17.7 Å². The molecule has 3 aromatic rings. The number of aliphatic hydroxyl groups excluding tert-OH is 1. The fraction of sp³-hybridized carbons (Fsp3) is 0.353. The molecular formula is C17H21N3O4S2. The Bertz CT molecular complexity index is 972. The number of aliphatic hydroxyl groups is 1. The van der Waals surface area contributed by atoms with Crippen LogP contribution in [-0.4, -0.2) is 29.6 Å². The van der Waals surface area contributed by atoms with Gasteiger partial charge >= 0.3 is 0 Å². The van der Waals surface area contributed by atoms with E-state index < -0.39 is 16.1 Å². The molecule has 26 heavy (non-hydrogen) atoms. The number of imidazole rings is 1. The van der Waals surface area contributed by atoms with E-state index in [2.05, 4.69) is 9.71 Å². The zero-order chi connectivity index (χ0) is 18.9. The molecule has 2 N–H and O–H groups in total. The monoisotopic (exact) mass is 395 g/mol. The maximum Gasteiger partial charge on any atom is 0.259 e. The van der Waals surface area contributed by atoms with Crippen LogP contribution in [0, 0.1) is 0 Å². The lowest BCUT2D eigenvalue weighted by molar-refractivity contribution is 0.186. The Balaban J connectivity index is 1.68. The highest BCUT2D eigenvalue weighted by Gasteiger charge is 2.22. The molecule has 9 heteroatoms. The fourth-order valence-electron chi connectivity index (χ4n) is 2.58. The lowest BCUT2D eigenvalue weighted by Crippen LogP contribution is -2.28. The number of rotatable bonds is 7. The van der Waals surface area contributed by atoms with Crippen molar-refractivity contribution in [2.45, 2.75) is 30.9 Å². The maximum absolute atomic E-state index is 12.4. The van der Waals surface area contributed by atoms with E-state index >= 15 is 0 Å². The summed E-state index contributed by atoms with van der Waals surface area (Å²) in [6.07, 6.45) is 2.10. The summed E-state index contributed by atoms with van der Waals surface area (Å²) in [6.45, 7) is 3.76. The van der Waals surface area contributed by atoms with Crippen molar-refractivity contribution in [2.24, 2.45) is 7.05 Å². The van der Waals surface area contributed by atoms with Crippen LogP contribution < -0.4 is 4.72 Å². The van der Waals surface area contributed by atoms with Crippen molar-refractivity contribution >= 4 is 21.4 Å². The number of nitrogens with zero attached hydrogens (tertiary/aromatic N) is 2. The number of thiophene rings is 1. The van der Waals surface area contributed by atoms with E-state index in [0.29, 0.717) is 16.5 Å². The van der Waals surface area contributed by atoms with Gasteiger partial charge in [0.15, 0.2) is 5.03 Å². The number of nitrogens with one attached hydrogen (secondary N) is 1. The quantitative estimate of drug-likeness (QED) is 0.641. The summed E-state index contributed by atoms with van der Waals surface area (Å²) in [5, 5.41) is 12.1. The first-order chi connectivity index (χ1) is 12.3. The topological polar surface area (TPSA) is 97.4 Å². The third kappa shape index (κ3) is 3.90. The molecule has 3 heterocycles. The molecule has 0 bridgehead atoms. The molecule has 0 fully saturated rings. The summed E-state index contributed by atoms with van der Waals surface area (Å²) >= 11 is 1.35. The molecule has 0 aliphatic carbocycles. The van der Waals surface area contributed by atoms with E-state index in [1.54, 1.807) is 30.0 Å². The number of aromatic nitrogens is 2. The van der Waals surface area contributed by atoms with Gasteiger partial charge in [0.2, 0.25) is 0 Å². The Hall–Kier alpha value is -1.94. The Morgan fingerprint density at radius 1 is 1.42 bits per heavy atom. The smallest absolute Gasteiger partial charge is 0.259 e. The first-order valence-corrected chi connectivity index (χ1v) is 10.5. The summed E-state index contributed by atoms with van der Waals surface area (Å²) < 4.78 is 34.3. The van der Waals surface area contributed by atoms with E-state index in [9.17, 15) is 13.5 Å². The molecule has 0 spiro atoms. The van der Waals surface area contributed by atoms with Crippen LogP contribution in [0.4, 0.5) is 0 Å². The predicted molar refractivity (Wildman–Crippen MR) is 99.5 cm³/mol. The Morgan fingerprint density at radius 3 is 2.81 bits per heavy atom. The second kappa shape index (κ2) is 7.36. The third-order valence-electron chi connectivity index (χ3n) is 3.90. The molecule has 140 valence electrons. The van der Waals surface area contributed by atoms with Gasteiger partial charge in [0, 0.05) is 41.5 Å². The van der Waals surface area contributed by atoms with Gasteiger partial charge in [-0.2, -0.15) is 0 Å². The molecule has 0 aliphatic rings. The third-order valence-corrected chi connectivity index (χ3v) is 6.23. The molecule has 0 aliphatic heterocycles. The highest BCUT2D eigenvalue weighted by atomic mass is 32.2. The van der Waals surface area contributed by atoms with Crippen molar-refractivity contribution in [3.05, 3.63) is 46.7 Å². The minimum Gasteiger partial charge on any atom is -0.464 e. The zero-order valence-electron chi connectivity index (χ0n) is 14.7. The molecule has 0 amide bonds. The normalized spacial score (nSPS) is 13.4. The van der Waals surface area contributed by atoms with Gasteiger partial charge < -0.3 is 14.1 Å². The molecule has 0 saturated carbocycles. The highest BCUT2D eigenvalue weighted by Crippen LogP contribution is 2.29. The van der Waals surface area contributed by atoms with Gasteiger partial charge in [-0.25, -0.2) is 18.1 Å². The Morgan fingerprint density at radius 2 is 2.19 bits per heavy atom. The fourth-order valence-corrected chi connectivity index (χ4v) is 4.50. The van der Waals surface area contributed by atoms with E-state index in [1.165, 1.54) is 17.5 Å². The first kappa shape index (κ1) is 18.8. The van der Waals surface area contributed by atoms with Crippen LogP contribution >= 0.6 is 11.3 Å². The number of sulfonamides is 1. The van der Waals surface area contributed by atoms with Gasteiger partial charge in [-0.15, -0.1) is 11.3 Å². The van der Waals surface area contributed by atoms with Crippen LogP contribution in [-0.2, 0) is 17.1 Å². The van der Waals surface area contributed by atoms with Crippen molar-refractivity contribution in [3.63, 3.8) is 0 Å². The van der Waals surface area contributed by atoms with E-state index in [0.717, 1.165) is 5.56 Å². The zero-order valence-corrected chi connectivity index (χ0v) is 16.3. The Kier molecular flexibility index (Phi) is 5.33. The second-order valence-electron chi connectivity index (χ2n) is 6.29. The molecule has 7 nitrogen and oxygen atoms in total. The molecule has 3 aromatic heterocycles. The lowest BCUT2D eigenvalue weighted by Gasteiger charge is -2.09. The van der Waals surface area contributed by atoms with Gasteiger partial charge in [-0.1, -0.05) is 13.8 Å². The molecule has 0 aromatic carbocycles. The van der Waals surface area contributed by atoms with Crippen LogP contribution in [0.15, 0.2) is 45.5 Å².